The first-order valence-corrected chi connectivity index (χ1v) is 11.9. The Labute approximate surface area is 204 Å². The predicted octanol–water partition coefficient (Wildman–Crippen LogP) is 3.56. The van der Waals surface area contributed by atoms with Crippen LogP contribution < -0.4 is 14.2 Å². The van der Waals surface area contributed by atoms with Gasteiger partial charge in [0.15, 0.2) is 16.6 Å². The van der Waals surface area contributed by atoms with Crippen molar-refractivity contribution in [3.05, 3.63) is 53.3 Å². The van der Waals surface area contributed by atoms with E-state index in [2.05, 4.69) is 29.9 Å². The smallest absolute Gasteiger partial charge is 0.239 e. The van der Waals surface area contributed by atoms with Crippen LogP contribution in [0.1, 0.15) is 11.5 Å². The molecule has 0 saturated carbocycles. The molecule has 0 fully saturated rings. The highest BCUT2D eigenvalue weighted by molar-refractivity contribution is 8.00. The van der Waals surface area contributed by atoms with E-state index in [4.69, 9.17) is 14.6 Å². The lowest BCUT2D eigenvalue weighted by atomic mass is 10.2. The molecule has 2 N–H and O–H groups in total. The van der Waals surface area contributed by atoms with Gasteiger partial charge in [-0.15, -0.1) is 21.5 Å². The number of anilines is 1. The van der Waals surface area contributed by atoms with Crippen molar-refractivity contribution in [1.29, 1.82) is 0 Å². The summed E-state index contributed by atoms with van der Waals surface area (Å²) in [5.41, 5.74) is 1.56. The Morgan fingerprint density at radius 1 is 1.12 bits per heavy atom. The van der Waals surface area contributed by atoms with Gasteiger partial charge in [0.2, 0.25) is 5.95 Å². The molecule has 0 radical (unpaired) electrons. The van der Waals surface area contributed by atoms with E-state index in [0.29, 0.717) is 47.0 Å². The molecule has 0 unspecified atom stereocenters. The second-order valence-electron chi connectivity index (χ2n) is 6.51. The summed E-state index contributed by atoms with van der Waals surface area (Å²) in [5, 5.41) is 18.4. The second-order valence-corrected chi connectivity index (χ2v) is 8.26. The summed E-state index contributed by atoms with van der Waals surface area (Å²) in [6, 6.07) is 5.54. The molecular weight excluding hydrogens is 481 g/mol. The van der Waals surface area contributed by atoms with Crippen LogP contribution in [0.4, 0.5) is 10.3 Å². The van der Waals surface area contributed by atoms with Crippen molar-refractivity contribution in [2.75, 3.05) is 31.8 Å². The lowest BCUT2D eigenvalue weighted by Crippen LogP contribution is -2.07. The number of rotatable bonds is 9. The molecule has 0 aliphatic carbocycles. The highest BCUT2D eigenvalue weighted by Gasteiger charge is 2.23. The first kappa shape index (κ1) is 25.3. The first-order chi connectivity index (χ1) is 16.6. The molecule has 0 saturated heterocycles. The minimum atomic E-state index is -0.455. The van der Waals surface area contributed by atoms with Crippen molar-refractivity contribution >= 4 is 29.2 Å². The number of ether oxygens (including phenoxy) is 2. The molecule has 34 heavy (non-hydrogen) atoms. The molecule has 0 spiro atoms. The molecule has 4 rings (SSSR count). The molecular formula is C21H24FN7O3S2. The number of aliphatic hydroxyl groups excluding tert-OH is 1. The number of hydrogen-bond donors (Lipinski definition) is 2. The Morgan fingerprint density at radius 3 is 2.38 bits per heavy atom. The summed E-state index contributed by atoms with van der Waals surface area (Å²) in [5.74, 6) is 3.00. The summed E-state index contributed by atoms with van der Waals surface area (Å²) in [6.45, 7) is 1.93. The summed E-state index contributed by atoms with van der Waals surface area (Å²) in [6.07, 6.45) is 2.88. The van der Waals surface area contributed by atoms with Gasteiger partial charge in [-0.3, -0.25) is 9.29 Å². The number of thiazole rings is 1. The third-order valence-electron chi connectivity index (χ3n) is 4.36. The highest BCUT2D eigenvalue weighted by Crippen LogP contribution is 2.38. The standard InChI is InChI=1S/C20H20FN7O2S2.CH4O/c1-12-11-31-19(24-12)18-25-26-20(27-32-8-7-16-22-9-13(21)10-23-16)28(18)17-14(29-2)5-4-6-15(17)30-3;1-2/h4-6,9-11H,7-8H2,1-3H3,(H,26,27);2H,1H3. The minimum absolute atomic E-state index is 0.455. The van der Waals surface area contributed by atoms with E-state index >= 15 is 0 Å². The normalized spacial score (nSPS) is 10.4. The van der Waals surface area contributed by atoms with Crippen LogP contribution in [0.5, 0.6) is 11.5 Å². The van der Waals surface area contributed by atoms with Crippen molar-refractivity contribution < 1.29 is 19.0 Å². The molecule has 0 aliphatic heterocycles. The Balaban J connectivity index is 0.00000158. The molecule has 1 aromatic carbocycles. The van der Waals surface area contributed by atoms with E-state index in [0.717, 1.165) is 30.2 Å². The quantitative estimate of drug-likeness (QED) is 0.258. The fourth-order valence-corrected chi connectivity index (χ4v) is 4.35. The van der Waals surface area contributed by atoms with Gasteiger partial charge in [0, 0.05) is 30.4 Å². The lowest BCUT2D eigenvalue weighted by Gasteiger charge is -2.16. The fraction of sp³-hybridized carbons (Fsp3) is 0.286. The predicted molar refractivity (Wildman–Crippen MR) is 130 cm³/mol. The topological polar surface area (TPSA) is 120 Å². The van der Waals surface area contributed by atoms with Crippen LogP contribution in [0.25, 0.3) is 16.5 Å². The zero-order valence-electron chi connectivity index (χ0n) is 19.0. The maximum atomic E-state index is 13.0. The molecule has 0 atom stereocenters. The van der Waals surface area contributed by atoms with Gasteiger partial charge in [0.25, 0.3) is 0 Å². The van der Waals surface area contributed by atoms with E-state index in [1.54, 1.807) is 14.2 Å². The van der Waals surface area contributed by atoms with E-state index in [1.165, 1.54) is 23.3 Å². The molecule has 0 bridgehead atoms. The van der Waals surface area contributed by atoms with Crippen molar-refractivity contribution in [2.24, 2.45) is 0 Å². The Kier molecular flexibility index (Phi) is 9.13. The largest absolute Gasteiger partial charge is 0.494 e. The number of para-hydroxylation sites is 1. The number of hydrogen-bond acceptors (Lipinski definition) is 11. The number of nitrogens with zero attached hydrogens (tertiary/aromatic N) is 6. The van der Waals surface area contributed by atoms with Crippen molar-refractivity contribution in [1.82, 2.24) is 29.7 Å². The van der Waals surface area contributed by atoms with E-state index in [9.17, 15) is 4.39 Å². The van der Waals surface area contributed by atoms with Crippen molar-refractivity contribution in [2.45, 2.75) is 13.3 Å². The molecule has 0 aliphatic rings. The summed E-state index contributed by atoms with van der Waals surface area (Å²) in [7, 11) is 4.20. The Bertz CT molecular complexity index is 1180. The van der Waals surface area contributed by atoms with Gasteiger partial charge in [0.1, 0.15) is 23.0 Å². The molecule has 180 valence electrons. The molecule has 3 aromatic heterocycles. The molecule has 13 heteroatoms. The second kappa shape index (κ2) is 12.3. The van der Waals surface area contributed by atoms with Gasteiger partial charge in [-0.05, 0) is 31.0 Å². The van der Waals surface area contributed by atoms with Crippen molar-refractivity contribution in [3.8, 4) is 28.0 Å². The van der Waals surface area contributed by atoms with Gasteiger partial charge in [-0.2, -0.15) is 0 Å². The van der Waals surface area contributed by atoms with Crippen LogP contribution in [0.15, 0.2) is 36.0 Å². The number of methoxy groups -OCH3 is 2. The average molecular weight is 506 g/mol. The molecule has 4 aromatic rings. The van der Waals surface area contributed by atoms with Crippen LogP contribution in [0.2, 0.25) is 0 Å². The summed E-state index contributed by atoms with van der Waals surface area (Å²) in [4.78, 5) is 12.5. The molecule has 0 amide bonds. The van der Waals surface area contributed by atoms with Crippen LogP contribution in [0.3, 0.4) is 0 Å². The number of aryl methyl sites for hydroxylation is 2. The summed E-state index contributed by atoms with van der Waals surface area (Å²) >= 11 is 2.89. The van der Waals surface area contributed by atoms with E-state index < -0.39 is 5.82 Å². The SMILES string of the molecule is CO.COc1cccc(OC)c1-n1c(NSCCc2ncc(F)cn2)nnc1-c1nc(C)cs1. The van der Waals surface area contributed by atoms with Crippen LogP contribution in [0, 0.1) is 12.7 Å². The monoisotopic (exact) mass is 505 g/mol. The third-order valence-corrected chi connectivity index (χ3v) is 6.06. The summed E-state index contributed by atoms with van der Waals surface area (Å²) < 4.78 is 29.3. The number of aliphatic hydroxyl groups is 1. The van der Waals surface area contributed by atoms with Crippen LogP contribution in [-0.2, 0) is 6.42 Å². The van der Waals surface area contributed by atoms with Crippen molar-refractivity contribution in [3.63, 3.8) is 0 Å². The Morgan fingerprint density at radius 2 is 1.79 bits per heavy atom. The number of benzene rings is 1. The number of halogens is 1. The van der Waals surface area contributed by atoms with Gasteiger partial charge in [-0.25, -0.2) is 19.3 Å². The van der Waals surface area contributed by atoms with Gasteiger partial charge < -0.3 is 14.6 Å². The zero-order chi connectivity index (χ0) is 24.5. The van der Waals surface area contributed by atoms with E-state index in [-0.39, 0.29) is 0 Å². The first-order valence-electron chi connectivity index (χ1n) is 9.99. The highest BCUT2D eigenvalue weighted by atomic mass is 32.2. The Hall–Kier alpha value is -3.29. The maximum Gasteiger partial charge on any atom is 0.239 e. The van der Waals surface area contributed by atoms with Gasteiger partial charge >= 0.3 is 0 Å². The molecule has 3 heterocycles. The van der Waals surface area contributed by atoms with E-state index in [1.807, 2.05) is 35.1 Å². The number of aromatic nitrogens is 6. The minimum Gasteiger partial charge on any atom is -0.494 e. The number of nitrogens with one attached hydrogen (secondary N) is 1. The lowest BCUT2D eigenvalue weighted by molar-refractivity contribution is 0.391. The third kappa shape index (κ3) is 5.79. The zero-order valence-corrected chi connectivity index (χ0v) is 20.7. The molecule has 10 nitrogen and oxygen atoms in total. The van der Waals surface area contributed by atoms with Gasteiger partial charge in [-0.1, -0.05) is 6.07 Å². The van der Waals surface area contributed by atoms with Crippen LogP contribution in [-0.4, -0.2) is 61.9 Å². The van der Waals surface area contributed by atoms with Gasteiger partial charge in [0.05, 0.1) is 26.6 Å². The van der Waals surface area contributed by atoms with Crippen LogP contribution >= 0.6 is 23.3 Å². The maximum absolute atomic E-state index is 13.0. The fourth-order valence-electron chi connectivity index (χ4n) is 2.94. The average Bonchev–Trinajstić information content (AvgIpc) is 3.49.